The first-order valence-electron chi connectivity index (χ1n) is 10.1. The fourth-order valence-corrected chi connectivity index (χ4v) is 6.12. The van der Waals surface area contributed by atoms with Gasteiger partial charge in [-0.25, -0.2) is 0 Å². The number of morpholine rings is 1. The van der Waals surface area contributed by atoms with Crippen LogP contribution in [0.25, 0.3) is 11.1 Å². The summed E-state index contributed by atoms with van der Waals surface area (Å²) in [5.74, 6) is -0.366. The molecule has 10 heteroatoms. The van der Waals surface area contributed by atoms with Crippen molar-refractivity contribution < 1.29 is 27.9 Å². The lowest BCUT2D eigenvalue weighted by molar-refractivity contribution is 0.0368. The third-order valence-corrected chi connectivity index (χ3v) is 7.98. The van der Waals surface area contributed by atoms with Gasteiger partial charge in [0.2, 0.25) is 0 Å². The second-order valence-electron chi connectivity index (χ2n) is 8.36. The average Bonchev–Trinajstić information content (AvgIpc) is 2.91. The summed E-state index contributed by atoms with van der Waals surface area (Å²) in [6, 6.07) is 6.00. The average molecular weight is 450 g/mol. The Bertz CT molecular complexity index is 1070. The lowest BCUT2D eigenvalue weighted by Crippen LogP contribution is -2.45. The van der Waals surface area contributed by atoms with Crippen molar-refractivity contribution in [2.75, 3.05) is 44.3 Å². The Balaban J connectivity index is 1.87. The number of hydrogen-bond donors (Lipinski definition) is 5. The van der Waals surface area contributed by atoms with Crippen LogP contribution in [-0.2, 0) is 20.3 Å². The molecule has 0 amide bonds. The van der Waals surface area contributed by atoms with Crippen molar-refractivity contribution in [1.82, 2.24) is 4.90 Å². The molecule has 1 atom stereocenters. The van der Waals surface area contributed by atoms with Crippen molar-refractivity contribution >= 4 is 21.5 Å². The highest BCUT2D eigenvalue weighted by Crippen LogP contribution is 2.56. The van der Waals surface area contributed by atoms with E-state index in [0.717, 1.165) is 0 Å². The van der Waals surface area contributed by atoms with Crippen LogP contribution in [0.4, 0.5) is 11.4 Å². The quantitative estimate of drug-likeness (QED) is 0.259. The van der Waals surface area contributed by atoms with Crippen LogP contribution in [0.15, 0.2) is 24.3 Å². The van der Waals surface area contributed by atoms with E-state index < -0.39 is 20.8 Å². The molecule has 168 valence electrons. The van der Waals surface area contributed by atoms with Gasteiger partial charge in [0.05, 0.1) is 24.6 Å². The number of aromatic hydroxyl groups is 2. The maximum Gasteiger partial charge on any atom is 0.269 e. The number of rotatable bonds is 5. The minimum absolute atomic E-state index is 0.136. The molecule has 1 heterocycles. The Morgan fingerprint density at radius 3 is 1.97 bits per heavy atom. The number of nitrogen functional groups attached to an aromatic ring is 2. The summed E-state index contributed by atoms with van der Waals surface area (Å²) < 4.78 is 40.9. The SMILES string of the molecule is CC1(C(CCN2CCOCC2)S(=O)(=O)O)c2cc(O)c(N)cc2-c2cc(N)c(O)cc21. The molecule has 0 radical (unpaired) electrons. The van der Waals surface area contributed by atoms with E-state index in [1.54, 1.807) is 19.1 Å². The molecule has 31 heavy (non-hydrogen) atoms. The fourth-order valence-electron chi connectivity index (χ4n) is 4.87. The second-order valence-corrected chi connectivity index (χ2v) is 9.96. The Morgan fingerprint density at radius 2 is 1.52 bits per heavy atom. The molecule has 4 rings (SSSR count). The van der Waals surface area contributed by atoms with Crippen LogP contribution in [0.1, 0.15) is 24.5 Å². The van der Waals surface area contributed by atoms with Crippen molar-refractivity contribution in [3.63, 3.8) is 0 Å². The standard InChI is InChI=1S/C21H27N3O6S/c1-21(20(31(27,28)29)2-3-24-4-6-30-7-5-24)14-10-18(25)16(22)8-12(14)13-9-17(23)19(26)11-15(13)21/h8-11,20,25-26H,2-7,22-23H2,1H3,(H,27,28,29). The van der Waals surface area contributed by atoms with Crippen LogP contribution in [0, 0.1) is 0 Å². The lowest BCUT2D eigenvalue weighted by atomic mass is 9.75. The molecular formula is C21H27N3O6S. The van der Waals surface area contributed by atoms with E-state index >= 15 is 0 Å². The second kappa shape index (κ2) is 7.56. The summed E-state index contributed by atoms with van der Waals surface area (Å²) in [4.78, 5) is 2.09. The molecule has 1 aliphatic heterocycles. The van der Waals surface area contributed by atoms with E-state index in [-0.39, 0.29) is 29.3 Å². The highest BCUT2D eigenvalue weighted by Gasteiger charge is 2.51. The number of nitrogens with two attached hydrogens (primary N) is 2. The van der Waals surface area contributed by atoms with Gasteiger partial charge in [-0.1, -0.05) is 6.92 Å². The molecule has 1 saturated heterocycles. The molecule has 0 spiro atoms. The Kier molecular flexibility index (Phi) is 5.29. The highest BCUT2D eigenvalue weighted by atomic mass is 32.2. The van der Waals surface area contributed by atoms with Crippen molar-refractivity contribution in [1.29, 1.82) is 0 Å². The zero-order chi connectivity index (χ0) is 22.6. The molecule has 2 aromatic carbocycles. The summed E-state index contributed by atoms with van der Waals surface area (Å²) in [6.07, 6.45) is 0.143. The maximum absolute atomic E-state index is 12.7. The number of nitrogens with zero attached hydrogens (tertiary/aromatic N) is 1. The van der Waals surface area contributed by atoms with Crippen molar-refractivity contribution in [3.05, 3.63) is 35.4 Å². The van der Waals surface area contributed by atoms with E-state index in [0.29, 0.717) is 55.1 Å². The lowest BCUT2D eigenvalue weighted by Gasteiger charge is -2.36. The normalized spacial score (nSPS) is 19.0. The predicted octanol–water partition coefficient (Wildman–Crippen LogP) is 1.53. The minimum Gasteiger partial charge on any atom is -0.506 e. The van der Waals surface area contributed by atoms with E-state index in [4.69, 9.17) is 16.2 Å². The molecule has 0 aromatic heterocycles. The minimum atomic E-state index is -4.52. The third kappa shape index (κ3) is 3.59. The number of phenolic OH excluding ortho intramolecular Hbond substituents is 2. The van der Waals surface area contributed by atoms with Gasteiger partial charge in [0.1, 0.15) is 16.7 Å². The number of fused-ring (bicyclic) bond motifs is 3. The zero-order valence-corrected chi connectivity index (χ0v) is 18.0. The van der Waals surface area contributed by atoms with Gasteiger partial charge in [0, 0.05) is 18.5 Å². The van der Waals surface area contributed by atoms with Gasteiger partial charge in [0.15, 0.2) is 0 Å². The first-order valence-corrected chi connectivity index (χ1v) is 11.6. The number of phenols is 2. The first kappa shape index (κ1) is 21.7. The molecule has 0 bridgehead atoms. The largest absolute Gasteiger partial charge is 0.506 e. The molecule has 7 N–H and O–H groups in total. The summed E-state index contributed by atoms with van der Waals surface area (Å²) >= 11 is 0. The van der Waals surface area contributed by atoms with Gasteiger partial charge in [-0.15, -0.1) is 0 Å². The zero-order valence-electron chi connectivity index (χ0n) is 17.2. The summed E-state index contributed by atoms with van der Waals surface area (Å²) in [5, 5.41) is 19.4. The van der Waals surface area contributed by atoms with E-state index in [1.165, 1.54) is 12.1 Å². The van der Waals surface area contributed by atoms with Gasteiger partial charge < -0.3 is 26.4 Å². The summed E-state index contributed by atoms with van der Waals surface area (Å²) in [6.45, 7) is 4.63. The monoisotopic (exact) mass is 449 g/mol. The van der Waals surface area contributed by atoms with Gasteiger partial charge in [-0.05, 0) is 59.5 Å². The van der Waals surface area contributed by atoms with Crippen LogP contribution in [0.2, 0.25) is 0 Å². The highest BCUT2D eigenvalue weighted by molar-refractivity contribution is 7.86. The van der Waals surface area contributed by atoms with Crippen LogP contribution in [-0.4, -0.2) is 66.2 Å². The molecule has 1 unspecified atom stereocenters. The van der Waals surface area contributed by atoms with Crippen molar-refractivity contribution in [2.24, 2.45) is 0 Å². The molecule has 9 nitrogen and oxygen atoms in total. The topological polar surface area (TPSA) is 159 Å². The molecule has 1 aliphatic carbocycles. The van der Waals surface area contributed by atoms with Gasteiger partial charge >= 0.3 is 0 Å². The van der Waals surface area contributed by atoms with Crippen molar-refractivity contribution in [2.45, 2.75) is 24.0 Å². The number of benzene rings is 2. The molecule has 0 saturated carbocycles. The molecule has 2 aromatic rings. The van der Waals surface area contributed by atoms with Gasteiger partial charge in [-0.3, -0.25) is 9.45 Å². The number of ether oxygens (including phenoxy) is 1. The molecular weight excluding hydrogens is 422 g/mol. The van der Waals surface area contributed by atoms with E-state index in [2.05, 4.69) is 4.90 Å². The predicted molar refractivity (Wildman–Crippen MR) is 118 cm³/mol. The number of hydrogen-bond acceptors (Lipinski definition) is 8. The third-order valence-electron chi connectivity index (χ3n) is 6.56. The summed E-state index contributed by atoms with van der Waals surface area (Å²) in [7, 11) is -4.52. The smallest absolute Gasteiger partial charge is 0.269 e. The van der Waals surface area contributed by atoms with E-state index in [9.17, 15) is 23.2 Å². The Morgan fingerprint density at radius 1 is 1.03 bits per heavy atom. The number of anilines is 2. The van der Waals surface area contributed by atoms with Crippen LogP contribution < -0.4 is 11.5 Å². The molecule has 2 aliphatic rings. The van der Waals surface area contributed by atoms with Gasteiger partial charge in [0.25, 0.3) is 10.1 Å². The van der Waals surface area contributed by atoms with Gasteiger partial charge in [-0.2, -0.15) is 8.42 Å². The molecule has 1 fully saturated rings. The Hall–Kier alpha value is -2.53. The van der Waals surface area contributed by atoms with Crippen molar-refractivity contribution in [3.8, 4) is 22.6 Å². The van der Waals surface area contributed by atoms with E-state index in [1.807, 2.05) is 0 Å². The Labute approximate surface area is 181 Å². The van der Waals surface area contributed by atoms with Crippen LogP contribution in [0.3, 0.4) is 0 Å². The van der Waals surface area contributed by atoms with Crippen LogP contribution >= 0.6 is 0 Å². The first-order chi connectivity index (χ1) is 14.5. The summed E-state index contributed by atoms with van der Waals surface area (Å²) in [5.41, 5.74) is 13.1. The van der Waals surface area contributed by atoms with Crippen LogP contribution in [0.5, 0.6) is 11.5 Å². The maximum atomic E-state index is 12.7. The fraction of sp³-hybridized carbons (Fsp3) is 0.429.